The van der Waals surface area contributed by atoms with Crippen molar-refractivity contribution in [1.29, 1.82) is 0 Å². The van der Waals surface area contributed by atoms with Crippen molar-refractivity contribution in [2.24, 2.45) is 0 Å². The first-order valence-electron chi connectivity index (χ1n) is 6.15. The van der Waals surface area contributed by atoms with Crippen molar-refractivity contribution >= 4 is 11.9 Å². The Morgan fingerprint density at radius 2 is 1.62 bits per heavy atom. The highest BCUT2D eigenvalue weighted by atomic mass is 16.6. The number of hydrogen-bond acceptors (Lipinski definition) is 4. The Bertz CT molecular complexity index is 592. The zero-order valence-corrected chi connectivity index (χ0v) is 12.2. The van der Waals surface area contributed by atoms with Crippen LogP contribution in [0.4, 0.5) is 0 Å². The van der Waals surface area contributed by atoms with Gasteiger partial charge in [-0.1, -0.05) is 17.9 Å². The van der Waals surface area contributed by atoms with Crippen LogP contribution in [-0.4, -0.2) is 24.6 Å². The molecule has 0 fully saturated rings. The summed E-state index contributed by atoms with van der Waals surface area (Å²) in [5.41, 5.74) is 0. The summed E-state index contributed by atoms with van der Waals surface area (Å²) in [5.74, 6) is 14.7. The normalized spacial score (nSPS) is 10.4. The van der Waals surface area contributed by atoms with Gasteiger partial charge in [-0.2, -0.15) is 0 Å². The molecule has 0 aliphatic carbocycles. The largest absolute Gasteiger partial charge is 0.462 e. The number of esters is 2. The monoisotopic (exact) mass is 284 g/mol. The number of carbonyl (C=O) groups excluding carboxylic acids is 2. The quantitative estimate of drug-likeness (QED) is 0.581. The molecular weight excluding hydrogens is 268 g/mol. The third-order valence-corrected chi connectivity index (χ3v) is 1.74. The molecule has 0 N–H and O–H groups in total. The van der Waals surface area contributed by atoms with Crippen LogP contribution in [0.2, 0.25) is 0 Å². The molecule has 0 aromatic carbocycles. The van der Waals surface area contributed by atoms with Gasteiger partial charge in [-0.05, 0) is 48.8 Å². The first kappa shape index (κ1) is 18.1. The first-order chi connectivity index (χ1) is 10.1. The van der Waals surface area contributed by atoms with E-state index in [1.54, 1.807) is 12.2 Å². The molecular formula is C17H16O4. The third kappa shape index (κ3) is 13.3. The fourth-order valence-electron chi connectivity index (χ4n) is 0.998. The lowest BCUT2D eigenvalue weighted by atomic mass is 10.3. The summed E-state index contributed by atoms with van der Waals surface area (Å²) in [6.07, 6.45) is 5.82. The second-order valence-electron chi connectivity index (χ2n) is 3.60. The van der Waals surface area contributed by atoms with Crippen molar-refractivity contribution in [3.05, 3.63) is 24.3 Å². The average molecular weight is 284 g/mol. The molecule has 0 unspecified atom stereocenters. The molecule has 0 aliphatic heterocycles. The lowest BCUT2D eigenvalue weighted by Crippen LogP contribution is -2.21. The van der Waals surface area contributed by atoms with Gasteiger partial charge in [0, 0.05) is 13.8 Å². The molecule has 0 radical (unpaired) electrons. The van der Waals surface area contributed by atoms with Crippen LogP contribution in [0.15, 0.2) is 24.3 Å². The molecule has 4 nitrogen and oxygen atoms in total. The summed E-state index contributed by atoms with van der Waals surface area (Å²) in [6.45, 7) is 4.36. The Hall–Kier alpha value is -2.90. The summed E-state index contributed by atoms with van der Waals surface area (Å²) in [4.78, 5) is 21.6. The highest BCUT2D eigenvalue weighted by Gasteiger charge is 2.09. The maximum Gasteiger partial charge on any atom is 0.303 e. The van der Waals surface area contributed by atoms with Crippen LogP contribution < -0.4 is 0 Å². The molecule has 4 heteroatoms. The van der Waals surface area contributed by atoms with E-state index in [-0.39, 0.29) is 6.61 Å². The second kappa shape index (κ2) is 12.2. The van der Waals surface area contributed by atoms with Gasteiger partial charge in [0.1, 0.15) is 6.61 Å². The lowest BCUT2D eigenvalue weighted by Gasteiger charge is -2.11. The Labute approximate surface area is 125 Å². The van der Waals surface area contributed by atoms with Crippen LogP contribution in [0.1, 0.15) is 20.8 Å². The zero-order valence-electron chi connectivity index (χ0n) is 12.2. The topological polar surface area (TPSA) is 52.6 Å². The van der Waals surface area contributed by atoms with Gasteiger partial charge in [-0.3, -0.25) is 9.59 Å². The summed E-state index contributed by atoms with van der Waals surface area (Å²) in [5, 5.41) is 0. The molecule has 0 heterocycles. The van der Waals surface area contributed by atoms with Crippen LogP contribution in [0.3, 0.4) is 0 Å². The molecule has 1 atom stereocenters. The minimum Gasteiger partial charge on any atom is -0.462 e. The van der Waals surface area contributed by atoms with Crippen molar-refractivity contribution < 1.29 is 19.1 Å². The fourth-order valence-corrected chi connectivity index (χ4v) is 0.998. The SMILES string of the molecule is C/C=C/C#CC#CC#C/C=C/[C@H](COC(C)=O)OC(C)=O. The molecule has 0 bridgehead atoms. The Balaban J connectivity index is 4.47. The maximum absolute atomic E-state index is 10.9. The van der Waals surface area contributed by atoms with Crippen LogP contribution in [0.5, 0.6) is 0 Å². The van der Waals surface area contributed by atoms with Gasteiger partial charge in [-0.15, -0.1) is 0 Å². The third-order valence-electron chi connectivity index (χ3n) is 1.74. The summed E-state index contributed by atoms with van der Waals surface area (Å²) < 4.78 is 9.71. The Morgan fingerprint density at radius 1 is 1.00 bits per heavy atom. The van der Waals surface area contributed by atoms with Crippen LogP contribution >= 0.6 is 0 Å². The van der Waals surface area contributed by atoms with Gasteiger partial charge in [0.25, 0.3) is 0 Å². The number of hydrogen-bond donors (Lipinski definition) is 0. The molecule has 0 aromatic rings. The van der Waals surface area contributed by atoms with Crippen LogP contribution in [0.25, 0.3) is 0 Å². The van der Waals surface area contributed by atoms with E-state index in [2.05, 4.69) is 35.5 Å². The second-order valence-corrected chi connectivity index (χ2v) is 3.60. The zero-order chi connectivity index (χ0) is 15.9. The highest BCUT2D eigenvalue weighted by Crippen LogP contribution is 1.97. The first-order valence-corrected chi connectivity index (χ1v) is 6.15. The average Bonchev–Trinajstić information content (AvgIpc) is 2.42. The maximum atomic E-state index is 10.9. The van der Waals surface area contributed by atoms with E-state index in [1.807, 2.05) is 6.92 Å². The van der Waals surface area contributed by atoms with E-state index >= 15 is 0 Å². The van der Waals surface area contributed by atoms with Gasteiger partial charge in [0.15, 0.2) is 6.10 Å². The van der Waals surface area contributed by atoms with E-state index in [4.69, 9.17) is 9.47 Å². The van der Waals surface area contributed by atoms with Crippen molar-refractivity contribution in [2.45, 2.75) is 26.9 Å². The van der Waals surface area contributed by atoms with Crippen molar-refractivity contribution in [2.75, 3.05) is 6.61 Å². The summed E-state index contributed by atoms with van der Waals surface area (Å²) in [7, 11) is 0. The summed E-state index contributed by atoms with van der Waals surface area (Å²) >= 11 is 0. The van der Waals surface area contributed by atoms with Crippen molar-refractivity contribution in [3.8, 4) is 35.5 Å². The van der Waals surface area contributed by atoms with Gasteiger partial charge in [0.05, 0.1) is 0 Å². The predicted octanol–water partition coefficient (Wildman–Crippen LogP) is 1.62. The van der Waals surface area contributed by atoms with E-state index < -0.39 is 18.0 Å². The molecule has 0 amide bonds. The minimum atomic E-state index is -0.664. The van der Waals surface area contributed by atoms with Gasteiger partial charge >= 0.3 is 11.9 Å². The van der Waals surface area contributed by atoms with Gasteiger partial charge in [-0.25, -0.2) is 0 Å². The number of carbonyl (C=O) groups is 2. The Morgan fingerprint density at radius 3 is 2.14 bits per heavy atom. The van der Waals surface area contributed by atoms with Crippen molar-refractivity contribution in [3.63, 3.8) is 0 Å². The van der Waals surface area contributed by atoms with Gasteiger partial charge in [0.2, 0.25) is 0 Å². The minimum absolute atomic E-state index is 0.0480. The van der Waals surface area contributed by atoms with E-state index in [1.165, 1.54) is 26.0 Å². The van der Waals surface area contributed by atoms with E-state index in [0.717, 1.165) is 0 Å². The molecule has 21 heavy (non-hydrogen) atoms. The predicted molar refractivity (Wildman–Crippen MR) is 79.5 cm³/mol. The van der Waals surface area contributed by atoms with Crippen LogP contribution in [0, 0.1) is 35.5 Å². The molecule has 0 spiro atoms. The standard InChI is InChI=1S/C17H16O4/c1-4-5-6-7-8-9-10-11-12-13-17(21-16(3)19)14-20-15(2)18/h4-5,12-13,17H,14H2,1-3H3/b5-4+,13-12+/t17-/m1/s1. The van der Waals surface area contributed by atoms with Crippen molar-refractivity contribution in [1.82, 2.24) is 0 Å². The van der Waals surface area contributed by atoms with Crippen LogP contribution in [-0.2, 0) is 19.1 Å². The summed E-state index contributed by atoms with van der Waals surface area (Å²) in [6, 6.07) is 0. The number of ether oxygens (including phenoxy) is 2. The lowest BCUT2D eigenvalue weighted by molar-refractivity contribution is -0.153. The Kier molecular flexibility index (Phi) is 10.5. The highest BCUT2D eigenvalue weighted by molar-refractivity contribution is 5.67. The molecule has 0 aliphatic rings. The van der Waals surface area contributed by atoms with E-state index in [9.17, 15) is 9.59 Å². The number of allylic oxidation sites excluding steroid dienone is 3. The van der Waals surface area contributed by atoms with Gasteiger partial charge < -0.3 is 9.47 Å². The molecule has 0 saturated heterocycles. The molecule has 0 saturated carbocycles. The molecule has 0 rings (SSSR count). The molecule has 108 valence electrons. The van der Waals surface area contributed by atoms with E-state index in [0.29, 0.717) is 0 Å². The fraction of sp³-hybridized carbons (Fsp3) is 0.294. The number of rotatable bonds is 4. The smallest absolute Gasteiger partial charge is 0.303 e. The molecule has 0 aromatic heterocycles.